The quantitative estimate of drug-likeness (QED) is 0.348. The summed E-state index contributed by atoms with van der Waals surface area (Å²) in [6, 6.07) is 10.7. The molecule has 166 valence electrons. The highest BCUT2D eigenvalue weighted by Gasteiger charge is 2.39. The number of hydrogen-bond acceptors (Lipinski definition) is 6. The highest BCUT2D eigenvalue weighted by Crippen LogP contribution is 2.28. The van der Waals surface area contributed by atoms with E-state index in [1.165, 1.54) is 18.2 Å². The van der Waals surface area contributed by atoms with E-state index in [2.05, 4.69) is 15.4 Å². The Hall–Kier alpha value is -2.28. The summed E-state index contributed by atoms with van der Waals surface area (Å²) in [5.41, 5.74) is 0.841. The number of sulfone groups is 1. The smallest absolute Gasteiger partial charge is 0.387 e. The molecule has 1 amide bonds. The Morgan fingerprint density at radius 3 is 2.61 bits per heavy atom. The van der Waals surface area contributed by atoms with Gasteiger partial charge >= 0.3 is 6.61 Å². The fraction of sp³-hybridized carbons (Fsp3) is 0.300. The van der Waals surface area contributed by atoms with Gasteiger partial charge in [-0.15, -0.1) is 0 Å². The van der Waals surface area contributed by atoms with Crippen molar-refractivity contribution in [1.29, 1.82) is 5.41 Å². The normalized spacial score (nSPS) is 19.8. The van der Waals surface area contributed by atoms with E-state index in [4.69, 9.17) is 5.41 Å². The topological polar surface area (TPSA) is 108 Å². The fourth-order valence-corrected chi connectivity index (χ4v) is 5.88. The number of rotatable bonds is 7. The maximum atomic E-state index is 12.7. The Bertz CT molecular complexity index is 1130. The van der Waals surface area contributed by atoms with Crippen LogP contribution in [0.3, 0.4) is 0 Å². The molecule has 1 atom stereocenters. The highest BCUT2D eigenvalue weighted by atomic mass is 127. The van der Waals surface area contributed by atoms with Crippen molar-refractivity contribution in [3.05, 3.63) is 53.6 Å². The van der Waals surface area contributed by atoms with Crippen molar-refractivity contribution in [3.63, 3.8) is 0 Å². The number of carbonyl (C=O) groups excluding carboxylic acids is 1. The van der Waals surface area contributed by atoms with E-state index in [1.807, 2.05) is 0 Å². The molecule has 3 N–H and O–H groups in total. The number of nitrogens with one attached hydrogen (secondary N) is 3. The number of amides is 1. The van der Waals surface area contributed by atoms with Gasteiger partial charge in [0.25, 0.3) is 5.91 Å². The molecule has 0 bridgehead atoms. The molecule has 1 heterocycles. The summed E-state index contributed by atoms with van der Waals surface area (Å²) in [7, 11) is -3.17. The molecule has 0 aromatic heterocycles. The van der Waals surface area contributed by atoms with Crippen molar-refractivity contribution < 1.29 is 26.7 Å². The first-order valence-corrected chi connectivity index (χ1v) is 12.1. The van der Waals surface area contributed by atoms with Gasteiger partial charge in [0.05, 0.1) is 17.0 Å². The van der Waals surface area contributed by atoms with Crippen LogP contribution in [0, 0.1) is 5.41 Å². The molecular weight excluding hydrogens is 543 g/mol. The molecule has 0 radical (unpaired) electrons. The summed E-state index contributed by atoms with van der Waals surface area (Å²) in [5, 5.41) is 13.9. The first-order chi connectivity index (χ1) is 14.5. The summed E-state index contributed by atoms with van der Waals surface area (Å²) in [6.07, 6.45) is 0.340. The first kappa shape index (κ1) is 23.4. The molecule has 0 saturated carbocycles. The van der Waals surface area contributed by atoms with Crippen LogP contribution in [0.5, 0.6) is 5.75 Å². The summed E-state index contributed by atoms with van der Waals surface area (Å²) in [5.74, 6) is -0.527. The molecule has 2 aromatic rings. The Morgan fingerprint density at radius 1 is 1.26 bits per heavy atom. The van der Waals surface area contributed by atoms with Crippen LogP contribution in [0.2, 0.25) is 0 Å². The van der Waals surface area contributed by atoms with Gasteiger partial charge in [-0.05, 0) is 66.3 Å². The highest BCUT2D eigenvalue weighted by molar-refractivity contribution is 14.1. The molecule has 11 heteroatoms. The molecule has 0 unspecified atom stereocenters. The monoisotopic (exact) mass is 563 g/mol. The zero-order valence-electron chi connectivity index (χ0n) is 16.4. The Labute approximate surface area is 192 Å². The third-order valence-corrected chi connectivity index (χ3v) is 7.26. The average molecular weight is 563 g/mol. The first-order valence-electron chi connectivity index (χ1n) is 9.20. The largest absolute Gasteiger partial charge is 0.435 e. The molecule has 3 rings (SSSR count). The van der Waals surface area contributed by atoms with E-state index in [1.54, 1.807) is 53.8 Å². The van der Waals surface area contributed by atoms with Gasteiger partial charge < -0.3 is 15.4 Å². The number of benzene rings is 2. The van der Waals surface area contributed by atoms with Gasteiger partial charge in [0.2, 0.25) is 0 Å². The van der Waals surface area contributed by atoms with Gasteiger partial charge in [-0.25, -0.2) is 8.42 Å². The van der Waals surface area contributed by atoms with Crippen LogP contribution in [0.15, 0.2) is 42.5 Å². The van der Waals surface area contributed by atoms with Crippen LogP contribution >= 0.6 is 22.6 Å². The number of ether oxygens (including phenoxy) is 1. The van der Waals surface area contributed by atoms with Crippen LogP contribution in [0.4, 0.5) is 20.2 Å². The zero-order valence-corrected chi connectivity index (χ0v) is 19.4. The van der Waals surface area contributed by atoms with Gasteiger partial charge in [-0.2, -0.15) is 8.78 Å². The minimum Gasteiger partial charge on any atom is -0.435 e. The van der Waals surface area contributed by atoms with E-state index in [-0.39, 0.29) is 26.5 Å². The lowest BCUT2D eigenvalue weighted by atomic mass is 10.0. The molecule has 1 aliphatic rings. The molecule has 0 aliphatic carbocycles. The Morgan fingerprint density at radius 2 is 2.00 bits per heavy atom. The second-order valence-corrected chi connectivity index (χ2v) is 10.7. The lowest BCUT2D eigenvalue weighted by molar-refractivity contribution is -0.0498. The van der Waals surface area contributed by atoms with Gasteiger partial charge in [0, 0.05) is 28.6 Å². The number of alkyl halides is 2. The van der Waals surface area contributed by atoms with Gasteiger partial charge in [0.15, 0.2) is 9.84 Å². The van der Waals surface area contributed by atoms with Crippen molar-refractivity contribution in [2.45, 2.75) is 25.5 Å². The number of halogens is 3. The summed E-state index contributed by atoms with van der Waals surface area (Å²) >= 11 is 1.81. The molecule has 7 nitrogen and oxygen atoms in total. The van der Waals surface area contributed by atoms with Crippen molar-refractivity contribution in [2.75, 3.05) is 16.8 Å². The molecular formula is C20H20F2IN3O4S. The second-order valence-electron chi connectivity index (χ2n) is 7.46. The SMILES string of the molecule is C[C@]1(NC(=O)c2ccc(Nc3cccc(OC(F)F)c3)c(C(=N)I)c2)CCS(=O)(=O)C1. The number of hydrogen-bond donors (Lipinski definition) is 3. The minimum absolute atomic E-state index is 0.0122. The van der Waals surface area contributed by atoms with Gasteiger partial charge in [-0.1, -0.05) is 6.07 Å². The van der Waals surface area contributed by atoms with Crippen molar-refractivity contribution in [1.82, 2.24) is 5.32 Å². The van der Waals surface area contributed by atoms with Crippen molar-refractivity contribution in [2.24, 2.45) is 0 Å². The van der Waals surface area contributed by atoms with Crippen molar-refractivity contribution >= 4 is 53.4 Å². The van der Waals surface area contributed by atoms with Crippen molar-refractivity contribution in [3.8, 4) is 5.75 Å². The third-order valence-electron chi connectivity index (χ3n) is 4.78. The van der Waals surface area contributed by atoms with Crippen LogP contribution in [-0.2, 0) is 9.84 Å². The summed E-state index contributed by atoms with van der Waals surface area (Å²) < 4.78 is 53.0. The molecule has 31 heavy (non-hydrogen) atoms. The van der Waals surface area contributed by atoms with Gasteiger partial charge in [0.1, 0.15) is 9.47 Å². The van der Waals surface area contributed by atoms with E-state index in [9.17, 15) is 22.0 Å². The van der Waals surface area contributed by atoms with E-state index < -0.39 is 27.9 Å². The predicted molar refractivity (Wildman–Crippen MR) is 123 cm³/mol. The maximum absolute atomic E-state index is 12.7. The van der Waals surface area contributed by atoms with E-state index >= 15 is 0 Å². The van der Waals surface area contributed by atoms with Crippen LogP contribution in [-0.4, -0.2) is 41.7 Å². The second kappa shape index (κ2) is 9.07. The lowest BCUT2D eigenvalue weighted by Gasteiger charge is -2.24. The Kier molecular flexibility index (Phi) is 6.84. The number of anilines is 2. The standard InChI is InChI=1S/C20H20F2IN3O4S/c1-20(7-8-31(28,29)11-20)26-18(27)12-5-6-16(15(9-12)17(23)24)25-13-3-2-4-14(10-13)30-19(21)22/h2-6,9-10,19,24-25H,7-8,11H2,1H3,(H,26,27)/t20-/m0/s1. The van der Waals surface area contributed by atoms with Crippen LogP contribution < -0.4 is 15.4 Å². The van der Waals surface area contributed by atoms with E-state index in [0.717, 1.165) is 0 Å². The lowest BCUT2D eigenvalue weighted by Crippen LogP contribution is -2.46. The minimum atomic E-state index is -3.17. The molecule has 1 fully saturated rings. The average Bonchev–Trinajstić information content (AvgIpc) is 2.94. The third kappa shape index (κ3) is 6.12. The molecule has 2 aromatic carbocycles. The van der Waals surface area contributed by atoms with Crippen LogP contribution in [0.25, 0.3) is 0 Å². The van der Waals surface area contributed by atoms with Crippen LogP contribution in [0.1, 0.15) is 29.3 Å². The number of carbonyl (C=O) groups is 1. The molecule has 1 saturated heterocycles. The zero-order chi connectivity index (χ0) is 22.8. The summed E-state index contributed by atoms with van der Waals surface area (Å²) in [6.45, 7) is -1.25. The summed E-state index contributed by atoms with van der Waals surface area (Å²) in [4.78, 5) is 12.7. The predicted octanol–water partition coefficient (Wildman–Crippen LogP) is 4.10. The van der Waals surface area contributed by atoms with Gasteiger partial charge in [-0.3, -0.25) is 10.2 Å². The molecule has 1 aliphatic heterocycles. The van der Waals surface area contributed by atoms with E-state index in [0.29, 0.717) is 23.4 Å². The molecule has 0 spiro atoms. The maximum Gasteiger partial charge on any atom is 0.387 e. The Balaban J connectivity index is 1.82. The fourth-order valence-electron chi connectivity index (χ4n) is 3.34.